The highest BCUT2D eigenvalue weighted by molar-refractivity contribution is 6.04. The molecule has 4 aromatic rings. The summed E-state index contributed by atoms with van der Waals surface area (Å²) < 4.78 is 7.27. The molecule has 0 spiro atoms. The van der Waals surface area contributed by atoms with Gasteiger partial charge >= 0.3 is 0 Å². The predicted molar refractivity (Wildman–Crippen MR) is 128 cm³/mol. The number of carbonyl (C=O) groups is 2. The number of phenols is 1. The van der Waals surface area contributed by atoms with Crippen molar-refractivity contribution in [3.05, 3.63) is 72.7 Å². The van der Waals surface area contributed by atoms with Gasteiger partial charge in [-0.2, -0.15) is 5.10 Å². The van der Waals surface area contributed by atoms with Crippen LogP contribution in [0.1, 0.15) is 33.8 Å². The van der Waals surface area contributed by atoms with Crippen molar-refractivity contribution in [3.63, 3.8) is 0 Å². The van der Waals surface area contributed by atoms with E-state index in [0.717, 1.165) is 12.8 Å². The first kappa shape index (κ1) is 22.9. The second-order valence-corrected chi connectivity index (χ2v) is 8.29. The molecule has 1 saturated carbocycles. The molecule has 5 rings (SSSR count). The van der Waals surface area contributed by atoms with Crippen LogP contribution in [-0.4, -0.2) is 53.2 Å². The minimum atomic E-state index is -0.465. The van der Waals surface area contributed by atoms with Gasteiger partial charge in [-0.1, -0.05) is 0 Å². The van der Waals surface area contributed by atoms with Crippen LogP contribution in [0.4, 0.5) is 11.6 Å². The standard InChI is InChI=1S/C24H22N8O4/c1-31-8-5-19(30-31)29-23(34)16-9-17(33)11-18(10-16)36-21-13-27-20(12-28-21)32(14-15-3-4-15)24(35)22-25-6-2-7-26-22/h2,5-13,15,33H,3-4,14H2,1H3,(H,29,30,34). The Morgan fingerprint density at radius 1 is 1.14 bits per heavy atom. The third kappa shape index (κ3) is 5.43. The zero-order chi connectivity index (χ0) is 25.1. The summed E-state index contributed by atoms with van der Waals surface area (Å²) in [6, 6.07) is 7.42. The molecular weight excluding hydrogens is 464 g/mol. The molecular formula is C24H22N8O4. The van der Waals surface area contributed by atoms with Crippen LogP contribution in [0.3, 0.4) is 0 Å². The van der Waals surface area contributed by atoms with Gasteiger partial charge in [-0.15, -0.1) is 0 Å². The van der Waals surface area contributed by atoms with E-state index in [-0.39, 0.29) is 34.7 Å². The maximum atomic E-state index is 13.0. The fourth-order valence-electron chi connectivity index (χ4n) is 3.44. The Labute approximate surface area is 205 Å². The summed E-state index contributed by atoms with van der Waals surface area (Å²) in [6.45, 7) is 0.493. The number of phenolic OH excluding ortho intramolecular Hbond substituents is 1. The molecule has 0 unspecified atom stereocenters. The lowest BCUT2D eigenvalue weighted by Crippen LogP contribution is -2.34. The monoisotopic (exact) mass is 486 g/mol. The van der Waals surface area contributed by atoms with Crippen molar-refractivity contribution in [2.45, 2.75) is 12.8 Å². The Morgan fingerprint density at radius 3 is 2.61 bits per heavy atom. The van der Waals surface area contributed by atoms with Crippen molar-refractivity contribution in [1.82, 2.24) is 29.7 Å². The van der Waals surface area contributed by atoms with Gasteiger partial charge in [0.25, 0.3) is 11.8 Å². The number of ether oxygens (including phenoxy) is 1. The van der Waals surface area contributed by atoms with E-state index in [2.05, 4.69) is 30.4 Å². The number of aromatic hydroxyl groups is 1. The lowest BCUT2D eigenvalue weighted by Gasteiger charge is -2.20. The third-order valence-corrected chi connectivity index (χ3v) is 5.36. The molecule has 3 aromatic heterocycles. The first-order valence-corrected chi connectivity index (χ1v) is 11.2. The molecule has 12 nitrogen and oxygen atoms in total. The maximum Gasteiger partial charge on any atom is 0.297 e. The van der Waals surface area contributed by atoms with E-state index in [1.165, 1.54) is 47.9 Å². The minimum absolute atomic E-state index is 0.0801. The molecule has 36 heavy (non-hydrogen) atoms. The number of rotatable bonds is 8. The SMILES string of the molecule is Cn1ccc(NC(=O)c2cc(O)cc(Oc3cnc(N(CC4CC4)C(=O)c4ncccn4)cn3)c2)n1. The number of aromatic nitrogens is 6. The molecule has 1 fully saturated rings. The van der Waals surface area contributed by atoms with Gasteiger partial charge in [0.05, 0.1) is 12.4 Å². The Balaban J connectivity index is 1.32. The quantitative estimate of drug-likeness (QED) is 0.383. The molecule has 3 heterocycles. The van der Waals surface area contributed by atoms with Crippen LogP contribution >= 0.6 is 0 Å². The second-order valence-electron chi connectivity index (χ2n) is 8.29. The summed E-state index contributed by atoms with van der Waals surface area (Å²) in [7, 11) is 1.73. The van der Waals surface area contributed by atoms with Crippen LogP contribution in [0.25, 0.3) is 0 Å². The van der Waals surface area contributed by atoms with E-state index >= 15 is 0 Å². The average Bonchev–Trinajstić information content (AvgIpc) is 3.62. The van der Waals surface area contributed by atoms with Gasteiger partial charge in [0.1, 0.15) is 11.5 Å². The normalized spacial score (nSPS) is 12.7. The van der Waals surface area contributed by atoms with Gasteiger partial charge in [-0.25, -0.2) is 19.9 Å². The largest absolute Gasteiger partial charge is 0.508 e. The van der Waals surface area contributed by atoms with E-state index in [1.54, 1.807) is 30.1 Å². The molecule has 0 saturated heterocycles. The topological polar surface area (TPSA) is 148 Å². The highest BCUT2D eigenvalue weighted by Gasteiger charge is 2.30. The first-order valence-electron chi connectivity index (χ1n) is 11.2. The molecule has 0 bridgehead atoms. The number of nitrogens with zero attached hydrogens (tertiary/aromatic N) is 7. The number of aryl methyl sites for hydroxylation is 1. The number of hydrogen-bond acceptors (Lipinski definition) is 9. The lowest BCUT2D eigenvalue weighted by atomic mass is 10.2. The van der Waals surface area contributed by atoms with E-state index in [1.807, 2.05) is 0 Å². The van der Waals surface area contributed by atoms with Gasteiger partial charge in [0.2, 0.25) is 11.7 Å². The maximum absolute atomic E-state index is 13.0. The Kier molecular flexibility index (Phi) is 6.22. The minimum Gasteiger partial charge on any atom is -0.508 e. The second kappa shape index (κ2) is 9.78. The fourth-order valence-corrected chi connectivity index (χ4v) is 3.44. The van der Waals surface area contributed by atoms with E-state index in [4.69, 9.17) is 4.74 Å². The number of nitrogens with one attached hydrogen (secondary N) is 1. The van der Waals surface area contributed by atoms with Gasteiger partial charge in [0, 0.05) is 49.9 Å². The van der Waals surface area contributed by atoms with E-state index < -0.39 is 5.91 Å². The number of hydrogen-bond donors (Lipinski definition) is 2. The Hall–Kier alpha value is -4.87. The van der Waals surface area contributed by atoms with Crippen molar-refractivity contribution >= 4 is 23.5 Å². The molecule has 0 aliphatic heterocycles. The zero-order valence-corrected chi connectivity index (χ0v) is 19.3. The summed E-state index contributed by atoms with van der Waals surface area (Å²) in [5.41, 5.74) is 0.171. The van der Waals surface area contributed by atoms with Gasteiger partial charge in [-0.3, -0.25) is 19.2 Å². The average molecular weight is 486 g/mol. The Bertz CT molecular complexity index is 1390. The summed E-state index contributed by atoms with van der Waals surface area (Å²) >= 11 is 0. The van der Waals surface area contributed by atoms with Crippen LogP contribution in [0.5, 0.6) is 17.4 Å². The van der Waals surface area contributed by atoms with Crippen molar-refractivity contribution < 1.29 is 19.4 Å². The van der Waals surface area contributed by atoms with E-state index in [0.29, 0.717) is 24.1 Å². The molecule has 1 aliphatic rings. The molecule has 2 N–H and O–H groups in total. The molecule has 182 valence electrons. The van der Waals surface area contributed by atoms with Crippen molar-refractivity contribution in [2.75, 3.05) is 16.8 Å². The molecule has 1 aromatic carbocycles. The summed E-state index contributed by atoms with van der Waals surface area (Å²) in [5, 5.41) is 16.8. The first-order chi connectivity index (χ1) is 17.4. The summed E-state index contributed by atoms with van der Waals surface area (Å²) in [4.78, 5) is 43.8. The molecule has 12 heteroatoms. The fraction of sp³-hybridized carbons (Fsp3) is 0.208. The van der Waals surface area contributed by atoms with Crippen LogP contribution in [0.15, 0.2) is 61.3 Å². The van der Waals surface area contributed by atoms with Gasteiger partial charge in [-0.05, 0) is 37.0 Å². The van der Waals surface area contributed by atoms with Crippen LogP contribution < -0.4 is 15.0 Å². The third-order valence-electron chi connectivity index (χ3n) is 5.36. The number of carbonyl (C=O) groups excluding carboxylic acids is 2. The van der Waals surface area contributed by atoms with Crippen LogP contribution in [0, 0.1) is 5.92 Å². The highest BCUT2D eigenvalue weighted by Crippen LogP contribution is 2.32. The van der Waals surface area contributed by atoms with Crippen molar-refractivity contribution in [3.8, 4) is 17.4 Å². The van der Waals surface area contributed by atoms with Crippen molar-refractivity contribution in [1.29, 1.82) is 0 Å². The van der Waals surface area contributed by atoms with Crippen LogP contribution in [0.2, 0.25) is 0 Å². The molecule has 1 aliphatic carbocycles. The number of anilines is 2. The highest BCUT2D eigenvalue weighted by atomic mass is 16.5. The summed E-state index contributed by atoms with van der Waals surface area (Å²) in [5.74, 6) is 0.526. The molecule has 0 radical (unpaired) electrons. The van der Waals surface area contributed by atoms with Gasteiger partial charge in [0.15, 0.2) is 11.6 Å². The number of amides is 2. The predicted octanol–water partition coefficient (Wildman–Crippen LogP) is 2.81. The molecule has 0 atom stereocenters. The summed E-state index contributed by atoms with van der Waals surface area (Å²) in [6.07, 6.45) is 9.60. The smallest absolute Gasteiger partial charge is 0.297 e. The lowest BCUT2D eigenvalue weighted by molar-refractivity contribution is 0.0973. The zero-order valence-electron chi connectivity index (χ0n) is 19.3. The van der Waals surface area contributed by atoms with E-state index in [9.17, 15) is 14.7 Å². The Morgan fingerprint density at radius 2 is 1.94 bits per heavy atom. The number of benzene rings is 1. The van der Waals surface area contributed by atoms with Crippen LogP contribution in [-0.2, 0) is 7.05 Å². The molecule has 2 amide bonds. The van der Waals surface area contributed by atoms with Crippen molar-refractivity contribution in [2.24, 2.45) is 13.0 Å². The van der Waals surface area contributed by atoms with Gasteiger partial charge < -0.3 is 15.2 Å².